The van der Waals surface area contributed by atoms with Gasteiger partial charge in [0.05, 0.1) is 6.10 Å². The topological polar surface area (TPSA) is 9.23 Å². The molecule has 0 aromatic rings. The van der Waals surface area contributed by atoms with Crippen molar-refractivity contribution >= 4 is 31.3 Å². The molecule has 0 unspecified atom stereocenters. The van der Waals surface area contributed by atoms with E-state index in [1.807, 2.05) is 13.8 Å². The van der Waals surface area contributed by atoms with Crippen LogP contribution < -0.4 is 51.4 Å². The average Bonchev–Trinajstić information content (AvgIpc) is 1.35. The molecule has 0 atom stereocenters. The van der Waals surface area contributed by atoms with Crippen molar-refractivity contribution in [3.05, 3.63) is 0 Å². The molecule has 0 saturated heterocycles. The third kappa shape index (κ3) is 15.7. The minimum Gasteiger partial charge on any atom is -0.813 e. The number of thiocarbonyl (C=S) groups is 1. The van der Waals surface area contributed by atoms with Gasteiger partial charge < -0.3 is 30.5 Å². The van der Waals surface area contributed by atoms with E-state index in [9.17, 15) is 0 Å². The van der Waals surface area contributed by atoms with E-state index in [1.165, 1.54) is 0 Å². The molecule has 0 aromatic carbocycles. The molecule has 0 bridgehead atoms. The van der Waals surface area contributed by atoms with Crippen molar-refractivity contribution in [3.8, 4) is 0 Å². The Morgan fingerprint density at radius 1 is 1.50 bits per heavy atom. The van der Waals surface area contributed by atoms with Crippen LogP contribution in [-0.4, -0.2) is 11.7 Å². The molecule has 0 amide bonds. The van der Waals surface area contributed by atoms with Crippen LogP contribution in [0.1, 0.15) is 13.8 Å². The number of hydrogen-bond donors (Lipinski definition) is 0. The summed E-state index contributed by atoms with van der Waals surface area (Å²) in [7, 11) is 0. The first-order valence-corrected chi connectivity index (χ1v) is 2.21. The standard InChI is InChI=1S/C4H7OS.K.H2S/c1-4(2)5-3-6;;/h4H,1-2H3;;1H2/q-1;+1;/p-1. The third-order valence-electron chi connectivity index (χ3n) is 0.284. The summed E-state index contributed by atoms with van der Waals surface area (Å²) in [6, 6.07) is 0. The Hall–Kier alpha value is 1.88. The fourth-order valence-electron chi connectivity index (χ4n) is 0.0962. The molecule has 0 fully saturated rings. The molecule has 0 heterocycles. The largest absolute Gasteiger partial charge is 1.00 e. The predicted octanol–water partition coefficient (Wildman–Crippen LogP) is -2.02. The van der Waals surface area contributed by atoms with E-state index in [1.54, 1.807) is 0 Å². The maximum atomic E-state index is 4.61. The Balaban J connectivity index is -0.000000125. The maximum absolute atomic E-state index is 4.61. The Kier molecular flexibility index (Phi) is 24.0. The van der Waals surface area contributed by atoms with Crippen LogP contribution in [0.25, 0.3) is 0 Å². The van der Waals surface area contributed by atoms with Crippen molar-refractivity contribution in [3.63, 3.8) is 0 Å². The summed E-state index contributed by atoms with van der Waals surface area (Å²) >= 11 is 4.26. The Morgan fingerprint density at radius 2 is 1.88 bits per heavy atom. The molecule has 0 saturated carbocycles. The fraction of sp³-hybridized carbons (Fsp3) is 0.750. The molecule has 0 aliphatic heterocycles. The van der Waals surface area contributed by atoms with Crippen LogP contribution in [0.5, 0.6) is 0 Å². The summed E-state index contributed by atoms with van der Waals surface area (Å²) in [5, 5.41) is 0. The first kappa shape index (κ1) is 16.5. The molecule has 8 heavy (non-hydrogen) atoms. The predicted molar refractivity (Wildman–Crippen MR) is 37.6 cm³/mol. The van der Waals surface area contributed by atoms with Gasteiger partial charge in [0.2, 0.25) is 0 Å². The summed E-state index contributed by atoms with van der Waals surface area (Å²) in [6.07, 6.45) is 0.183. The van der Waals surface area contributed by atoms with Gasteiger partial charge in [-0.2, -0.15) is 0 Å². The van der Waals surface area contributed by atoms with Crippen molar-refractivity contribution in [2.24, 2.45) is 0 Å². The van der Waals surface area contributed by atoms with E-state index >= 15 is 0 Å². The van der Waals surface area contributed by atoms with E-state index in [4.69, 9.17) is 0 Å². The molecule has 0 spiro atoms. The average molecular weight is 175 g/mol. The normalized spacial score (nSPS) is 6.38. The molecule has 0 aliphatic rings. The minimum atomic E-state index is 0. The first-order valence-electron chi connectivity index (χ1n) is 1.80. The van der Waals surface area contributed by atoms with Crippen molar-refractivity contribution in [1.82, 2.24) is 0 Å². The zero-order valence-electron chi connectivity index (χ0n) is 5.34. The van der Waals surface area contributed by atoms with Crippen LogP contribution in [0.4, 0.5) is 0 Å². The Bertz CT molecular complexity index is 49.3. The van der Waals surface area contributed by atoms with Gasteiger partial charge in [-0.05, 0) is 13.8 Å². The van der Waals surface area contributed by atoms with E-state index < -0.39 is 0 Å². The number of thiol groups is 1. The van der Waals surface area contributed by atoms with Crippen LogP contribution in [0, 0.1) is 0 Å². The van der Waals surface area contributed by atoms with E-state index in [0.29, 0.717) is 0 Å². The summed E-state index contributed by atoms with van der Waals surface area (Å²) in [6.45, 7) is 3.80. The van der Waals surface area contributed by atoms with Gasteiger partial charge in [0.15, 0.2) is 0 Å². The molecule has 0 aromatic heterocycles. The van der Waals surface area contributed by atoms with Gasteiger partial charge in [0.25, 0.3) is 0 Å². The van der Waals surface area contributed by atoms with Crippen LogP contribution in [-0.2, 0) is 18.2 Å². The van der Waals surface area contributed by atoms with Gasteiger partial charge in [-0.15, -0.1) is 0 Å². The second-order valence-corrected chi connectivity index (χ2v) is 1.42. The molecular weight excluding hydrogens is 167 g/mol. The summed E-state index contributed by atoms with van der Waals surface area (Å²) < 4.78 is 4.61. The zero-order chi connectivity index (χ0) is 4.99. The van der Waals surface area contributed by atoms with Crippen LogP contribution in [0.3, 0.4) is 0 Å². The van der Waals surface area contributed by atoms with E-state index in [0.717, 1.165) is 0 Å². The van der Waals surface area contributed by atoms with Crippen molar-refractivity contribution in [2.75, 3.05) is 0 Å². The van der Waals surface area contributed by atoms with Crippen molar-refractivity contribution in [1.29, 1.82) is 0 Å². The molecule has 0 N–H and O–H groups in total. The molecule has 4 heteroatoms. The van der Waals surface area contributed by atoms with Crippen LogP contribution >= 0.6 is 12.2 Å². The summed E-state index contributed by atoms with van der Waals surface area (Å²) in [4.78, 5) is 0. The van der Waals surface area contributed by atoms with Crippen molar-refractivity contribution < 1.29 is 56.1 Å². The quantitative estimate of drug-likeness (QED) is 0.158. The Labute approximate surface area is 105 Å². The molecule has 0 aliphatic carbocycles. The minimum absolute atomic E-state index is 0. The molecular formula is C4H8KOS2-. The van der Waals surface area contributed by atoms with Gasteiger partial charge in [0, 0.05) is 0 Å². The number of ether oxygens (including phenoxy) is 1. The van der Waals surface area contributed by atoms with Gasteiger partial charge >= 0.3 is 51.4 Å². The second-order valence-electron chi connectivity index (χ2n) is 1.25. The van der Waals surface area contributed by atoms with Crippen LogP contribution in [0.15, 0.2) is 0 Å². The second kappa shape index (κ2) is 11.6. The molecule has 44 valence electrons. The fourth-order valence-corrected chi connectivity index (χ4v) is 0.289. The Morgan fingerprint density at radius 3 is 1.88 bits per heavy atom. The monoisotopic (exact) mass is 175 g/mol. The van der Waals surface area contributed by atoms with Gasteiger partial charge in [-0.25, -0.2) is 5.55 Å². The molecule has 1 nitrogen and oxygen atoms in total. The SMILES string of the molecule is CC(C)O[C-]=S.[K+].[SH-]. The van der Waals surface area contributed by atoms with Gasteiger partial charge in [0.1, 0.15) is 0 Å². The summed E-state index contributed by atoms with van der Waals surface area (Å²) in [5.41, 5.74) is 2.15. The zero-order valence-corrected chi connectivity index (χ0v) is 10.2. The van der Waals surface area contributed by atoms with Crippen LogP contribution in [0.2, 0.25) is 0 Å². The van der Waals surface area contributed by atoms with E-state index in [-0.39, 0.29) is 71.0 Å². The third-order valence-corrected chi connectivity index (χ3v) is 0.380. The smallest absolute Gasteiger partial charge is 0.813 e. The molecule has 0 radical (unpaired) electrons. The molecule has 0 rings (SSSR count). The van der Waals surface area contributed by atoms with E-state index in [2.05, 4.69) is 22.5 Å². The van der Waals surface area contributed by atoms with Gasteiger partial charge in [-0.3, -0.25) is 0 Å². The summed E-state index contributed by atoms with van der Waals surface area (Å²) in [5.74, 6) is 0. The first-order chi connectivity index (χ1) is 2.77. The van der Waals surface area contributed by atoms with Gasteiger partial charge in [-0.1, -0.05) is 0 Å². The number of hydrogen-bond acceptors (Lipinski definition) is 3. The number of rotatable bonds is 2. The van der Waals surface area contributed by atoms with Crippen molar-refractivity contribution in [2.45, 2.75) is 20.0 Å². The maximum Gasteiger partial charge on any atom is 1.00 e.